The summed E-state index contributed by atoms with van der Waals surface area (Å²) in [6.07, 6.45) is 0. The Labute approximate surface area is 134 Å². The van der Waals surface area contributed by atoms with E-state index in [-0.39, 0.29) is 35.2 Å². The zero-order valence-electron chi connectivity index (χ0n) is 13.0. The molecule has 1 aliphatic rings. The maximum absolute atomic E-state index is 12.7. The second-order valence-electron chi connectivity index (χ2n) is 5.14. The molecule has 2 amide bonds. The highest BCUT2D eigenvalue weighted by Gasteiger charge is 2.30. The van der Waals surface area contributed by atoms with Gasteiger partial charge in [0, 0.05) is 33.1 Å². The molecule has 0 spiro atoms. The van der Waals surface area contributed by atoms with Crippen LogP contribution < -0.4 is 10.5 Å². The number of nitrogens with zero attached hydrogens (tertiary/aromatic N) is 2. The zero-order valence-corrected chi connectivity index (χ0v) is 13.8. The van der Waals surface area contributed by atoms with Gasteiger partial charge in [-0.1, -0.05) is 0 Å². The average Bonchev–Trinajstić information content (AvgIpc) is 2.54. The van der Waals surface area contributed by atoms with Crippen molar-refractivity contribution in [2.45, 2.75) is 11.8 Å². The maximum Gasteiger partial charge on any atom is 0.252 e. The lowest BCUT2D eigenvalue weighted by molar-refractivity contribution is -0.129. The normalized spacial score (nSPS) is 16.2. The fourth-order valence-corrected chi connectivity index (χ4v) is 3.88. The van der Waals surface area contributed by atoms with Crippen LogP contribution in [0.25, 0.3) is 0 Å². The molecule has 0 atom stereocenters. The number of rotatable bonds is 4. The monoisotopic (exact) mass is 341 g/mol. The molecule has 1 fully saturated rings. The van der Waals surface area contributed by atoms with E-state index in [1.165, 1.54) is 36.5 Å². The summed E-state index contributed by atoms with van der Waals surface area (Å²) in [7, 11) is -2.39. The number of benzene rings is 1. The summed E-state index contributed by atoms with van der Waals surface area (Å²) in [6.45, 7) is 2.55. The molecule has 9 heteroatoms. The lowest BCUT2D eigenvalue weighted by Gasteiger charge is -2.33. The van der Waals surface area contributed by atoms with Gasteiger partial charge >= 0.3 is 0 Å². The Morgan fingerprint density at radius 2 is 1.78 bits per heavy atom. The van der Waals surface area contributed by atoms with Crippen LogP contribution in [0.1, 0.15) is 17.3 Å². The highest BCUT2D eigenvalue weighted by molar-refractivity contribution is 7.89. The molecule has 0 aliphatic carbocycles. The van der Waals surface area contributed by atoms with Gasteiger partial charge in [-0.2, -0.15) is 4.31 Å². The molecule has 2 N–H and O–H groups in total. The summed E-state index contributed by atoms with van der Waals surface area (Å²) in [6, 6.07) is 3.99. The van der Waals surface area contributed by atoms with E-state index in [9.17, 15) is 18.0 Å². The molecule has 1 aromatic rings. The van der Waals surface area contributed by atoms with Gasteiger partial charge in [0.2, 0.25) is 15.9 Å². The number of hydrogen-bond acceptors (Lipinski definition) is 5. The molecule has 1 heterocycles. The fourth-order valence-electron chi connectivity index (χ4n) is 2.43. The molecule has 1 aliphatic heterocycles. The molecule has 1 saturated heterocycles. The predicted molar refractivity (Wildman–Crippen MR) is 82.5 cm³/mol. The maximum atomic E-state index is 12.7. The van der Waals surface area contributed by atoms with Crippen molar-refractivity contribution in [1.82, 2.24) is 9.21 Å². The van der Waals surface area contributed by atoms with E-state index < -0.39 is 15.9 Å². The molecule has 0 unspecified atom stereocenters. The van der Waals surface area contributed by atoms with Gasteiger partial charge in [-0.15, -0.1) is 0 Å². The predicted octanol–water partition coefficient (Wildman–Crippen LogP) is -0.353. The third-order valence-electron chi connectivity index (χ3n) is 3.76. The van der Waals surface area contributed by atoms with Crippen molar-refractivity contribution in [3.63, 3.8) is 0 Å². The first kappa shape index (κ1) is 17.2. The van der Waals surface area contributed by atoms with Gasteiger partial charge < -0.3 is 15.4 Å². The van der Waals surface area contributed by atoms with Crippen molar-refractivity contribution in [3.8, 4) is 5.75 Å². The number of primary amides is 1. The standard InChI is InChI=1S/C14H19N3O5S/c1-10(18)16-5-7-17(8-6-16)23(20,21)11-3-4-13(22-2)12(9-11)14(15)19/h3-4,9H,5-8H2,1-2H3,(H2,15,19). The molecular weight excluding hydrogens is 322 g/mol. The Hall–Kier alpha value is -2.13. The largest absolute Gasteiger partial charge is 0.496 e. The number of ether oxygens (including phenoxy) is 1. The summed E-state index contributed by atoms with van der Waals surface area (Å²) in [5, 5.41) is 0. The van der Waals surface area contributed by atoms with Crippen molar-refractivity contribution < 1.29 is 22.7 Å². The number of methoxy groups -OCH3 is 1. The van der Waals surface area contributed by atoms with E-state index >= 15 is 0 Å². The Kier molecular flexibility index (Phi) is 4.90. The minimum absolute atomic E-state index is 0.0101. The quantitative estimate of drug-likeness (QED) is 0.805. The molecule has 0 aromatic heterocycles. The van der Waals surface area contributed by atoms with Gasteiger partial charge in [0.25, 0.3) is 5.91 Å². The number of amides is 2. The van der Waals surface area contributed by atoms with Crippen molar-refractivity contribution >= 4 is 21.8 Å². The van der Waals surface area contributed by atoms with Crippen LogP contribution in [0.4, 0.5) is 0 Å². The number of carbonyl (C=O) groups excluding carboxylic acids is 2. The third-order valence-corrected chi connectivity index (χ3v) is 5.65. The van der Waals surface area contributed by atoms with E-state index in [0.717, 1.165) is 0 Å². The first-order valence-corrected chi connectivity index (χ1v) is 8.45. The van der Waals surface area contributed by atoms with Crippen LogP contribution >= 0.6 is 0 Å². The van der Waals surface area contributed by atoms with E-state index in [2.05, 4.69) is 0 Å². The van der Waals surface area contributed by atoms with Crippen LogP contribution in [0.2, 0.25) is 0 Å². The number of piperazine rings is 1. The van der Waals surface area contributed by atoms with Crippen LogP contribution in [-0.4, -0.2) is 62.7 Å². The minimum atomic E-state index is -3.76. The van der Waals surface area contributed by atoms with Crippen LogP contribution in [0.3, 0.4) is 0 Å². The van der Waals surface area contributed by atoms with Crippen LogP contribution in [0.5, 0.6) is 5.75 Å². The number of nitrogens with two attached hydrogens (primary N) is 1. The van der Waals surface area contributed by atoms with Crippen molar-refractivity contribution in [2.24, 2.45) is 5.73 Å². The molecule has 126 valence electrons. The smallest absolute Gasteiger partial charge is 0.252 e. The first-order chi connectivity index (χ1) is 10.8. The van der Waals surface area contributed by atoms with Crippen molar-refractivity contribution in [1.29, 1.82) is 0 Å². The van der Waals surface area contributed by atoms with Gasteiger partial charge in [-0.25, -0.2) is 8.42 Å². The SMILES string of the molecule is COc1ccc(S(=O)(=O)N2CCN(C(C)=O)CC2)cc1C(N)=O. The van der Waals surface area contributed by atoms with Gasteiger partial charge in [0.05, 0.1) is 17.6 Å². The van der Waals surface area contributed by atoms with Gasteiger partial charge in [0.1, 0.15) is 5.75 Å². The summed E-state index contributed by atoms with van der Waals surface area (Å²) >= 11 is 0. The minimum Gasteiger partial charge on any atom is -0.496 e. The van der Waals surface area contributed by atoms with Gasteiger partial charge in [0.15, 0.2) is 0 Å². The second-order valence-corrected chi connectivity index (χ2v) is 7.07. The molecule has 1 aromatic carbocycles. The molecular formula is C14H19N3O5S. The lowest BCUT2D eigenvalue weighted by atomic mass is 10.2. The molecule has 23 heavy (non-hydrogen) atoms. The van der Waals surface area contributed by atoms with Gasteiger partial charge in [-0.3, -0.25) is 9.59 Å². The zero-order chi connectivity index (χ0) is 17.2. The molecule has 0 bridgehead atoms. The van der Waals surface area contributed by atoms with Crippen LogP contribution in [-0.2, 0) is 14.8 Å². The third kappa shape index (κ3) is 3.45. The average molecular weight is 341 g/mol. The number of sulfonamides is 1. The van der Waals surface area contributed by atoms with Gasteiger partial charge in [-0.05, 0) is 18.2 Å². The molecule has 0 radical (unpaired) electrons. The van der Waals surface area contributed by atoms with E-state index in [1.807, 2.05) is 0 Å². The van der Waals surface area contributed by atoms with Crippen LogP contribution in [0.15, 0.2) is 23.1 Å². The Balaban J connectivity index is 2.29. The highest BCUT2D eigenvalue weighted by atomic mass is 32.2. The van der Waals surface area contributed by atoms with E-state index in [1.54, 1.807) is 4.90 Å². The van der Waals surface area contributed by atoms with E-state index in [4.69, 9.17) is 10.5 Å². The second kappa shape index (κ2) is 6.55. The van der Waals surface area contributed by atoms with Crippen molar-refractivity contribution in [2.75, 3.05) is 33.3 Å². The summed E-state index contributed by atoms with van der Waals surface area (Å²) in [5.74, 6) is -0.624. The van der Waals surface area contributed by atoms with E-state index in [0.29, 0.717) is 13.1 Å². The molecule has 8 nitrogen and oxygen atoms in total. The Bertz CT molecular complexity index is 724. The molecule has 0 saturated carbocycles. The number of hydrogen-bond donors (Lipinski definition) is 1. The number of carbonyl (C=O) groups is 2. The Morgan fingerprint density at radius 3 is 2.26 bits per heavy atom. The summed E-state index contributed by atoms with van der Waals surface area (Å²) in [4.78, 5) is 24.3. The summed E-state index contributed by atoms with van der Waals surface area (Å²) < 4.78 is 31.6. The summed E-state index contributed by atoms with van der Waals surface area (Å²) in [5.41, 5.74) is 5.27. The van der Waals surface area contributed by atoms with Crippen molar-refractivity contribution in [3.05, 3.63) is 23.8 Å². The first-order valence-electron chi connectivity index (χ1n) is 7.01. The lowest BCUT2D eigenvalue weighted by Crippen LogP contribution is -2.49. The highest BCUT2D eigenvalue weighted by Crippen LogP contribution is 2.25. The molecule has 2 rings (SSSR count). The topological polar surface area (TPSA) is 110 Å². The fraction of sp³-hybridized carbons (Fsp3) is 0.429. The Morgan fingerprint density at radius 1 is 1.17 bits per heavy atom. The van der Waals surface area contributed by atoms with Crippen LogP contribution in [0, 0.1) is 0 Å².